The van der Waals surface area contributed by atoms with Crippen molar-refractivity contribution in [2.45, 2.75) is 31.4 Å². The van der Waals surface area contributed by atoms with Crippen LogP contribution in [0.1, 0.15) is 17.5 Å². The molecule has 1 amide bonds. The summed E-state index contributed by atoms with van der Waals surface area (Å²) in [5.41, 5.74) is 3.24. The first kappa shape index (κ1) is 21.4. The minimum Gasteiger partial charge on any atom is -0.497 e. The van der Waals surface area contributed by atoms with Gasteiger partial charge in [-0.15, -0.1) is 0 Å². The van der Waals surface area contributed by atoms with Crippen molar-refractivity contribution in [2.75, 3.05) is 7.11 Å². The number of methoxy groups -OCH3 is 1. The lowest BCUT2D eigenvalue weighted by Crippen LogP contribution is -2.46. The molecule has 2 atom stereocenters. The van der Waals surface area contributed by atoms with Gasteiger partial charge in [0, 0.05) is 12.8 Å². The summed E-state index contributed by atoms with van der Waals surface area (Å²) in [6, 6.07) is 26.7. The van der Waals surface area contributed by atoms with E-state index in [9.17, 15) is 4.79 Å². The van der Waals surface area contributed by atoms with Crippen molar-refractivity contribution in [1.82, 2.24) is 5.32 Å². The molecule has 4 rings (SSSR count). The van der Waals surface area contributed by atoms with Crippen molar-refractivity contribution in [3.05, 3.63) is 96.1 Å². The van der Waals surface area contributed by atoms with E-state index in [2.05, 4.69) is 22.6 Å². The van der Waals surface area contributed by atoms with Gasteiger partial charge in [-0.3, -0.25) is 0 Å². The summed E-state index contributed by atoms with van der Waals surface area (Å²) in [7, 11) is 1.59. The molecule has 0 bridgehead atoms. The molecular formula is C26H26N2O4. The molecule has 0 aromatic heterocycles. The normalized spacial score (nSPS) is 15.9. The van der Waals surface area contributed by atoms with Crippen molar-refractivity contribution in [3.8, 4) is 11.5 Å². The van der Waals surface area contributed by atoms with Gasteiger partial charge in [-0.2, -0.15) is 0 Å². The van der Waals surface area contributed by atoms with Gasteiger partial charge >= 0.3 is 6.09 Å². The predicted octanol–water partition coefficient (Wildman–Crippen LogP) is 4.78. The summed E-state index contributed by atoms with van der Waals surface area (Å²) in [6.45, 7) is 0. The maximum Gasteiger partial charge on any atom is 0.412 e. The first-order valence-corrected chi connectivity index (χ1v) is 10.6. The molecule has 0 saturated carbocycles. The van der Waals surface area contributed by atoms with Crippen LogP contribution in [0.2, 0.25) is 0 Å². The summed E-state index contributed by atoms with van der Waals surface area (Å²) < 4.78 is 10.6. The molecule has 3 aromatic rings. The number of oxime groups is 1. The van der Waals surface area contributed by atoms with E-state index >= 15 is 0 Å². The number of carbonyl (C=O) groups is 1. The number of carbonyl (C=O) groups excluding carboxylic acids is 1. The molecule has 0 radical (unpaired) electrons. The van der Waals surface area contributed by atoms with Gasteiger partial charge in [-0.05, 0) is 41.8 Å². The topological polar surface area (TPSA) is 69.2 Å². The van der Waals surface area contributed by atoms with Gasteiger partial charge in [0.15, 0.2) is 6.10 Å². The van der Waals surface area contributed by atoms with Gasteiger partial charge in [0.25, 0.3) is 0 Å². The lowest BCUT2D eigenvalue weighted by atomic mass is 9.96. The molecular weight excluding hydrogens is 404 g/mol. The molecule has 1 N–H and O–H groups in total. The second kappa shape index (κ2) is 10.5. The SMILES string of the molecule is COc1ccc(OC(=O)NC(Cc2ccccc2)C2CC(Cc3ccccc3)=NO2)cc1. The fraction of sp³-hybridized carbons (Fsp3) is 0.231. The molecule has 0 spiro atoms. The molecule has 1 aliphatic heterocycles. The lowest BCUT2D eigenvalue weighted by Gasteiger charge is -2.23. The zero-order chi connectivity index (χ0) is 22.2. The number of nitrogens with zero attached hydrogens (tertiary/aromatic N) is 1. The van der Waals surface area contributed by atoms with Crippen molar-refractivity contribution in [1.29, 1.82) is 0 Å². The minimum absolute atomic E-state index is 0.266. The molecule has 32 heavy (non-hydrogen) atoms. The van der Waals surface area contributed by atoms with E-state index in [-0.39, 0.29) is 12.1 Å². The van der Waals surface area contributed by atoms with Gasteiger partial charge < -0.3 is 19.6 Å². The molecule has 164 valence electrons. The van der Waals surface area contributed by atoms with E-state index < -0.39 is 6.09 Å². The molecule has 1 aliphatic rings. The number of rotatable bonds is 8. The Morgan fingerprint density at radius 3 is 2.25 bits per heavy atom. The van der Waals surface area contributed by atoms with Gasteiger partial charge in [-0.1, -0.05) is 65.8 Å². The van der Waals surface area contributed by atoms with Gasteiger partial charge in [0.2, 0.25) is 0 Å². The monoisotopic (exact) mass is 430 g/mol. The molecule has 3 aromatic carbocycles. The molecule has 1 heterocycles. The molecule has 0 aliphatic carbocycles. The van der Waals surface area contributed by atoms with Crippen molar-refractivity contribution < 1.29 is 19.1 Å². The van der Waals surface area contributed by atoms with Crippen LogP contribution in [0.5, 0.6) is 11.5 Å². The van der Waals surface area contributed by atoms with Crippen LogP contribution in [-0.4, -0.2) is 31.1 Å². The van der Waals surface area contributed by atoms with Crippen LogP contribution in [-0.2, 0) is 17.7 Å². The maximum absolute atomic E-state index is 12.6. The minimum atomic E-state index is -0.531. The Labute approximate surface area is 187 Å². The number of hydrogen-bond donors (Lipinski definition) is 1. The van der Waals surface area contributed by atoms with Crippen molar-refractivity contribution >= 4 is 11.8 Å². The van der Waals surface area contributed by atoms with Gasteiger partial charge in [0.05, 0.1) is 18.9 Å². The van der Waals surface area contributed by atoms with Crippen LogP contribution < -0.4 is 14.8 Å². The highest BCUT2D eigenvalue weighted by molar-refractivity contribution is 5.87. The van der Waals surface area contributed by atoms with E-state index in [1.807, 2.05) is 48.5 Å². The van der Waals surface area contributed by atoms with Gasteiger partial charge in [-0.25, -0.2) is 4.79 Å². The van der Waals surface area contributed by atoms with Crippen LogP contribution in [0.25, 0.3) is 0 Å². The predicted molar refractivity (Wildman–Crippen MR) is 123 cm³/mol. The Hall–Kier alpha value is -3.80. The summed E-state index contributed by atoms with van der Waals surface area (Å²) in [5, 5.41) is 7.27. The fourth-order valence-corrected chi connectivity index (χ4v) is 3.68. The molecule has 6 nitrogen and oxygen atoms in total. The van der Waals surface area contributed by atoms with Crippen molar-refractivity contribution in [2.24, 2.45) is 5.16 Å². The zero-order valence-corrected chi connectivity index (χ0v) is 17.9. The zero-order valence-electron chi connectivity index (χ0n) is 17.9. The number of benzene rings is 3. The maximum atomic E-state index is 12.6. The molecule has 2 unspecified atom stereocenters. The third kappa shape index (κ3) is 5.88. The van der Waals surface area contributed by atoms with Crippen LogP contribution in [0.4, 0.5) is 4.79 Å². The first-order valence-electron chi connectivity index (χ1n) is 10.6. The number of ether oxygens (including phenoxy) is 2. The van der Waals surface area contributed by atoms with E-state index in [4.69, 9.17) is 14.3 Å². The second-order valence-corrected chi connectivity index (χ2v) is 7.67. The summed E-state index contributed by atoms with van der Waals surface area (Å²) in [5.74, 6) is 1.14. The highest BCUT2D eigenvalue weighted by Crippen LogP contribution is 2.21. The van der Waals surface area contributed by atoms with E-state index in [1.165, 1.54) is 5.56 Å². The van der Waals surface area contributed by atoms with Crippen molar-refractivity contribution in [3.63, 3.8) is 0 Å². The fourth-order valence-electron chi connectivity index (χ4n) is 3.68. The Balaban J connectivity index is 1.41. The smallest absolute Gasteiger partial charge is 0.412 e. The summed E-state index contributed by atoms with van der Waals surface area (Å²) in [4.78, 5) is 18.4. The number of amides is 1. The highest BCUT2D eigenvalue weighted by Gasteiger charge is 2.31. The third-order valence-electron chi connectivity index (χ3n) is 5.33. The Morgan fingerprint density at radius 2 is 1.59 bits per heavy atom. The number of hydrogen-bond acceptors (Lipinski definition) is 5. The summed E-state index contributed by atoms with van der Waals surface area (Å²) >= 11 is 0. The van der Waals surface area contributed by atoms with E-state index in [0.717, 1.165) is 17.7 Å². The average molecular weight is 431 g/mol. The Kier molecular flexibility index (Phi) is 7.02. The molecule has 0 fully saturated rings. The lowest BCUT2D eigenvalue weighted by molar-refractivity contribution is 0.0554. The first-order chi connectivity index (χ1) is 15.7. The Morgan fingerprint density at radius 1 is 0.969 bits per heavy atom. The Bertz CT molecular complexity index is 1040. The second-order valence-electron chi connectivity index (χ2n) is 7.67. The van der Waals surface area contributed by atoms with Crippen LogP contribution in [0, 0.1) is 0 Å². The van der Waals surface area contributed by atoms with Crippen LogP contribution >= 0.6 is 0 Å². The van der Waals surface area contributed by atoms with Gasteiger partial charge in [0.1, 0.15) is 11.5 Å². The highest BCUT2D eigenvalue weighted by atomic mass is 16.6. The largest absolute Gasteiger partial charge is 0.497 e. The third-order valence-corrected chi connectivity index (χ3v) is 5.33. The van der Waals surface area contributed by atoms with E-state index in [1.54, 1.807) is 31.4 Å². The van der Waals surface area contributed by atoms with Crippen LogP contribution in [0.15, 0.2) is 90.1 Å². The molecule has 0 saturated heterocycles. The molecule has 6 heteroatoms. The standard InChI is InChI=1S/C26H26N2O4/c1-30-22-12-14-23(15-13-22)31-26(29)27-24(17-20-10-6-3-7-11-20)25-18-21(28-32-25)16-19-8-4-2-5-9-19/h2-15,24-25H,16-18H2,1H3,(H,27,29). The van der Waals surface area contributed by atoms with E-state index in [0.29, 0.717) is 24.3 Å². The number of nitrogens with one attached hydrogen (secondary N) is 1. The van der Waals surface area contributed by atoms with Crippen LogP contribution in [0.3, 0.4) is 0 Å². The average Bonchev–Trinajstić information content (AvgIpc) is 3.29. The summed E-state index contributed by atoms with van der Waals surface area (Å²) in [6.07, 6.45) is 1.19. The quantitative estimate of drug-likeness (QED) is 0.558.